The summed E-state index contributed by atoms with van der Waals surface area (Å²) < 4.78 is 0. The van der Waals surface area contributed by atoms with Gasteiger partial charge in [-0.3, -0.25) is 0 Å². The van der Waals surface area contributed by atoms with Gasteiger partial charge in [-0.05, 0) is 62.9 Å². The molecule has 2 heteroatoms. The molecule has 0 saturated carbocycles. The van der Waals surface area contributed by atoms with Crippen molar-refractivity contribution in [3.63, 3.8) is 0 Å². The molecule has 0 radical (unpaired) electrons. The van der Waals surface area contributed by atoms with Crippen LogP contribution in [0.15, 0.2) is 0 Å². The van der Waals surface area contributed by atoms with Crippen LogP contribution in [-0.4, -0.2) is 25.2 Å². The molecular weight excluding hydrogens is 232 g/mol. The lowest BCUT2D eigenvalue weighted by atomic mass is 9.74. The van der Waals surface area contributed by atoms with Gasteiger partial charge in [0.2, 0.25) is 0 Å². The Morgan fingerprint density at radius 2 is 1.68 bits per heavy atom. The van der Waals surface area contributed by atoms with Crippen molar-refractivity contribution in [1.82, 2.24) is 10.6 Å². The van der Waals surface area contributed by atoms with Crippen LogP contribution in [-0.2, 0) is 0 Å². The van der Waals surface area contributed by atoms with E-state index in [-0.39, 0.29) is 5.54 Å². The molecule has 1 unspecified atom stereocenters. The Labute approximate surface area is 121 Å². The molecule has 0 aromatic rings. The Bertz CT molecular complexity index is 267. The summed E-state index contributed by atoms with van der Waals surface area (Å²) in [4.78, 5) is 0. The fourth-order valence-corrected chi connectivity index (χ4v) is 3.52. The minimum Gasteiger partial charge on any atom is -0.316 e. The smallest absolute Gasteiger partial charge is 0.0130 e. The lowest BCUT2D eigenvalue weighted by Crippen LogP contribution is -2.50. The Morgan fingerprint density at radius 3 is 2.16 bits per heavy atom. The summed E-state index contributed by atoms with van der Waals surface area (Å²) in [6.45, 7) is 20.0. The van der Waals surface area contributed by atoms with Crippen LogP contribution in [0, 0.1) is 16.7 Å². The van der Waals surface area contributed by atoms with Crippen LogP contribution in [0.1, 0.15) is 67.7 Å². The molecule has 19 heavy (non-hydrogen) atoms. The SMILES string of the molecule is CC(C)(C)CC(C)(C)NCC(C)(C)C1CCCNC1. The fourth-order valence-electron chi connectivity index (χ4n) is 3.52. The van der Waals surface area contributed by atoms with Gasteiger partial charge in [0.25, 0.3) is 0 Å². The van der Waals surface area contributed by atoms with Crippen molar-refractivity contribution in [1.29, 1.82) is 0 Å². The predicted molar refractivity (Wildman–Crippen MR) is 85.5 cm³/mol. The molecule has 0 aromatic carbocycles. The number of hydrogen-bond donors (Lipinski definition) is 2. The summed E-state index contributed by atoms with van der Waals surface area (Å²) in [6.07, 6.45) is 3.92. The summed E-state index contributed by atoms with van der Waals surface area (Å²) >= 11 is 0. The van der Waals surface area contributed by atoms with E-state index in [9.17, 15) is 0 Å². The topological polar surface area (TPSA) is 24.1 Å². The molecule has 0 spiro atoms. The van der Waals surface area contributed by atoms with Gasteiger partial charge in [-0.2, -0.15) is 0 Å². The van der Waals surface area contributed by atoms with Gasteiger partial charge in [0.05, 0.1) is 0 Å². The van der Waals surface area contributed by atoms with E-state index in [1.807, 2.05) is 0 Å². The van der Waals surface area contributed by atoms with Crippen LogP contribution in [0.4, 0.5) is 0 Å². The quantitative estimate of drug-likeness (QED) is 0.792. The first kappa shape index (κ1) is 17.0. The van der Waals surface area contributed by atoms with E-state index in [1.54, 1.807) is 0 Å². The van der Waals surface area contributed by atoms with Crippen molar-refractivity contribution in [3.8, 4) is 0 Å². The molecule has 1 atom stereocenters. The molecule has 1 rings (SSSR count). The monoisotopic (exact) mass is 268 g/mol. The lowest BCUT2D eigenvalue weighted by molar-refractivity contribution is 0.139. The van der Waals surface area contributed by atoms with Crippen LogP contribution in [0.5, 0.6) is 0 Å². The average molecular weight is 268 g/mol. The van der Waals surface area contributed by atoms with Crippen molar-refractivity contribution >= 4 is 0 Å². The van der Waals surface area contributed by atoms with Gasteiger partial charge in [-0.15, -0.1) is 0 Å². The molecule has 1 saturated heterocycles. The molecule has 1 heterocycles. The first-order valence-electron chi connectivity index (χ1n) is 7.98. The van der Waals surface area contributed by atoms with Gasteiger partial charge in [0, 0.05) is 12.1 Å². The summed E-state index contributed by atoms with van der Waals surface area (Å²) in [7, 11) is 0. The number of piperidine rings is 1. The van der Waals surface area contributed by atoms with E-state index in [2.05, 4.69) is 59.1 Å². The standard InChI is InChI=1S/C17H36N2/c1-15(2,3)12-17(6,7)19-13-16(4,5)14-9-8-10-18-11-14/h14,18-19H,8-13H2,1-7H3. The maximum absolute atomic E-state index is 3.83. The predicted octanol–water partition coefficient (Wildman–Crippen LogP) is 3.82. The second kappa shape index (κ2) is 6.13. The molecular formula is C17H36N2. The van der Waals surface area contributed by atoms with Crippen LogP contribution in [0.25, 0.3) is 0 Å². The number of rotatable bonds is 5. The van der Waals surface area contributed by atoms with Gasteiger partial charge in [-0.1, -0.05) is 34.6 Å². The third-order valence-electron chi connectivity index (χ3n) is 4.40. The zero-order valence-corrected chi connectivity index (χ0v) is 14.3. The van der Waals surface area contributed by atoms with Crippen LogP contribution in [0.2, 0.25) is 0 Å². The van der Waals surface area contributed by atoms with E-state index in [0.29, 0.717) is 10.8 Å². The minimum absolute atomic E-state index is 0.220. The highest BCUT2D eigenvalue weighted by Gasteiger charge is 2.33. The van der Waals surface area contributed by atoms with E-state index >= 15 is 0 Å². The molecule has 0 aliphatic carbocycles. The molecule has 2 N–H and O–H groups in total. The summed E-state index contributed by atoms with van der Waals surface area (Å²) in [6, 6.07) is 0. The van der Waals surface area contributed by atoms with Gasteiger partial charge in [-0.25, -0.2) is 0 Å². The normalized spacial score (nSPS) is 22.6. The van der Waals surface area contributed by atoms with Crippen molar-refractivity contribution in [2.75, 3.05) is 19.6 Å². The van der Waals surface area contributed by atoms with Crippen LogP contribution < -0.4 is 10.6 Å². The third-order valence-corrected chi connectivity index (χ3v) is 4.40. The summed E-state index contributed by atoms with van der Waals surface area (Å²) in [5.41, 5.74) is 0.979. The van der Waals surface area contributed by atoms with E-state index in [1.165, 1.54) is 32.4 Å². The highest BCUT2D eigenvalue weighted by atomic mass is 15.0. The maximum Gasteiger partial charge on any atom is 0.0130 e. The van der Waals surface area contributed by atoms with Crippen molar-refractivity contribution in [2.45, 2.75) is 73.3 Å². The van der Waals surface area contributed by atoms with Crippen LogP contribution in [0.3, 0.4) is 0 Å². The highest BCUT2D eigenvalue weighted by Crippen LogP contribution is 2.33. The second-order valence-corrected chi connectivity index (χ2v) is 9.01. The molecule has 0 aromatic heterocycles. The molecule has 2 nitrogen and oxygen atoms in total. The number of nitrogens with one attached hydrogen (secondary N) is 2. The van der Waals surface area contributed by atoms with Gasteiger partial charge in [0.1, 0.15) is 0 Å². The average Bonchev–Trinajstić information content (AvgIpc) is 2.25. The van der Waals surface area contributed by atoms with E-state index in [0.717, 1.165) is 12.5 Å². The third kappa shape index (κ3) is 6.27. The molecule has 1 fully saturated rings. The van der Waals surface area contributed by atoms with Crippen LogP contribution >= 0.6 is 0 Å². The molecule has 1 aliphatic heterocycles. The minimum atomic E-state index is 0.220. The fraction of sp³-hybridized carbons (Fsp3) is 1.00. The molecule has 0 bridgehead atoms. The Kier molecular flexibility index (Phi) is 5.48. The number of hydrogen-bond acceptors (Lipinski definition) is 2. The summed E-state index contributed by atoms with van der Waals surface area (Å²) in [5.74, 6) is 0.805. The Hall–Kier alpha value is -0.0800. The van der Waals surface area contributed by atoms with Gasteiger partial charge < -0.3 is 10.6 Å². The first-order chi connectivity index (χ1) is 8.52. The largest absolute Gasteiger partial charge is 0.316 e. The van der Waals surface area contributed by atoms with Gasteiger partial charge in [0.15, 0.2) is 0 Å². The lowest BCUT2D eigenvalue weighted by Gasteiger charge is -2.41. The van der Waals surface area contributed by atoms with E-state index < -0.39 is 0 Å². The molecule has 114 valence electrons. The van der Waals surface area contributed by atoms with Gasteiger partial charge >= 0.3 is 0 Å². The highest BCUT2D eigenvalue weighted by molar-refractivity contribution is 4.89. The van der Waals surface area contributed by atoms with E-state index in [4.69, 9.17) is 0 Å². The van der Waals surface area contributed by atoms with Crippen molar-refractivity contribution in [2.24, 2.45) is 16.7 Å². The molecule has 0 amide bonds. The first-order valence-corrected chi connectivity index (χ1v) is 7.98. The zero-order valence-electron chi connectivity index (χ0n) is 14.3. The maximum atomic E-state index is 3.83. The Morgan fingerprint density at radius 1 is 1.05 bits per heavy atom. The molecule has 1 aliphatic rings. The Balaban J connectivity index is 2.49. The summed E-state index contributed by atoms with van der Waals surface area (Å²) in [5, 5.41) is 7.37. The second-order valence-electron chi connectivity index (χ2n) is 9.01. The van der Waals surface area contributed by atoms with Crippen molar-refractivity contribution in [3.05, 3.63) is 0 Å². The van der Waals surface area contributed by atoms with Crippen molar-refractivity contribution < 1.29 is 0 Å². The zero-order chi connectivity index (χ0) is 14.7.